The molecule has 0 N–H and O–H groups in total. The molecule has 2 nitrogen and oxygen atoms in total. The average molecular weight is 245 g/mol. The number of piperidine rings is 1. The minimum Gasteiger partial charge on any atom is -0.381 e. The second kappa shape index (κ2) is 5.02. The molecule has 1 saturated heterocycles. The Balaban J connectivity index is 1.64. The Morgan fingerprint density at radius 3 is 2.56 bits per heavy atom. The van der Waals surface area contributed by atoms with E-state index in [9.17, 15) is 0 Å². The number of fused-ring (bicyclic) bond motifs is 1. The minimum absolute atomic E-state index is 0.493. The van der Waals surface area contributed by atoms with Crippen molar-refractivity contribution in [2.45, 2.75) is 44.8 Å². The molecule has 0 radical (unpaired) electrons. The van der Waals surface area contributed by atoms with Gasteiger partial charge in [-0.25, -0.2) is 0 Å². The molecule has 3 rings (SSSR count). The van der Waals surface area contributed by atoms with E-state index in [1.165, 1.54) is 44.3 Å². The second-order valence-corrected chi connectivity index (χ2v) is 5.81. The molecule has 0 aromatic heterocycles. The van der Waals surface area contributed by atoms with Crippen LogP contribution in [0.2, 0.25) is 0 Å². The van der Waals surface area contributed by atoms with Gasteiger partial charge in [-0.3, -0.25) is 4.90 Å². The molecule has 1 unspecified atom stereocenters. The van der Waals surface area contributed by atoms with Crippen LogP contribution in [0.5, 0.6) is 0 Å². The van der Waals surface area contributed by atoms with Crippen LogP contribution in [0.4, 0.5) is 0 Å². The minimum atomic E-state index is 0.493. The molecule has 1 fully saturated rings. The van der Waals surface area contributed by atoms with Gasteiger partial charge in [0.1, 0.15) is 0 Å². The smallest absolute Gasteiger partial charge is 0.0595 e. The standard InChI is InChI=1S/C16H23NO/c1-12-3-4-13-10-15(11-14(13)9-12)17-7-5-16(18-2)6-8-17/h3-4,9,15-16H,5-8,10-11H2,1-2H3. The first kappa shape index (κ1) is 12.2. The first-order valence-corrected chi connectivity index (χ1v) is 7.11. The predicted molar refractivity (Wildman–Crippen MR) is 74.0 cm³/mol. The van der Waals surface area contributed by atoms with Crippen molar-refractivity contribution in [1.82, 2.24) is 4.90 Å². The van der Waals surface area contributed by atoms with Crippen LogP contribution in [0.1, 0.15) is 29.5 Å². The Morgan fingerprint density at radius 2 is 1.83 bits per heavy atom. The molecule has 1 aliphatic carbocycles. The Labute approximate surface area is 110 Å². The van der Waals surface area contributed by atoms with Gasteiger partial charge in [0.15, 0.2) is 0 Å². The molecule has 1 aromatic carbocycles. The van der Waals surface area contributed by atoms with Crippen molar-refractivity contribution in [2.75, 3.05) is 20.2 Å². The van der Waals surface area contributed by atoms with Crippen molar-refractivity contribution in [1.29, 1.82) is 0 Å². The number of hydrogen-bond donors (Lipinski definition) is 0. The molecule has 2 aliphatic rings. The van der Waals surface area contributed by atoms with Gasteiger partial charge in [0.25, 0.3) is 0 Å². The van der Waals surface area contributed by atoms with Crippen molar-refractivity contribution in [2.24, 2.45) is 0 Å². The number of nitrogens with zero attached hydrogens (tertiary/aromatic N) is 1. The maximum atomic E-state index is 5.45. The molecular weight excluding hydrogens is 222 g/mol. The highest BCUT2D eigenvalue weighted by Gasteiger charge is 2.29. The first-order chi connectivity index (χ1) is 8.76. The lowest BCUT2D eigenvalue weighted by Gasteiger charge is -2.35. The summed E-state index contributed by atoms with van der Waals surface area (Å²) in [7, 11) is 1.84. The highest BCUT2D eigenvalue weighted by molar-refractivity contribution is 5.36. The van der Waals surface area contributed by atoms with Crippen molar-refractivity contribution in [3.63, 3.8) is 0 Å². The Bertz CT molecular complexity index is 421. The number of benzene rings is 1. The normalized spacial score (nSPS) is 25.3. The summed E-state index contributed by atoms with van der Waals surface area (Å²) in [5, 5.41) is 0. The van der Waals surface area contributed by atoms with E-state index in [2.05, 4.69) is 30.0 Å². The van der Waals surface area contributed by atoms with E-state index in [1.54, 1.807) is 11.1 Å². The van der Waals surface area contributed by atoms with Gasteiger partial charge >= 0.3 is 0 Å². The SMILES string of the molecule is COC1CCN(C2Cc3ccc(C)cc3C2)CC1. The van der Waals surface area contributed by atoms with Gasteiger partial charge in [0.05, 0.1) is 6.10 Å². The van der Waals surface area contributed by atoms with E-state index in [1.807, 2.05) is 7.11 Å². The maximum absolute atomic E-state index is 5.45. The summed E-state index contributed by atoms with van der Waals surface area (Å²) in [5.74, 6) is 0. The largest absolute Gasteiger partial charge is 0.381 e. The number of rotatable bonds is 2. The third kappa shape index (κ3) is 2.32. The Morgan fingerprint density at radius 1 is 1.11 bits per heavy atom. The van der Waals surface area contributed by atoms with Gasteiger partial charge in [0.2, 0.25) is 0 Å². The third-order valence-electron chi connectivity index (χ3n) is 4.60. The van der Waals surface area contributed by atoms with E-state index >= 15 is 0 Å². The lowest BCUT2D eigenvalue weighted by atomic mass is 10.0. The summed E-state index contributed by atoms with van der Waals surface area (Å²) in [4.78, 5) is 2.67. The molecule has 1 atom stereocenters. The van der Waals surface area contributed by atoms with E-state index in [-0.39, 0.29) is 0 Å². The summed E-state index contributed by atoms with van der Waals surface area (Å²) in [6.45, 7) is 4.60. The van der Waals surface area contributed by atoms with Gasteiger partial charge in [0, 0.05) is 26.2 Å². The van der Waals surface area contributed by atoms with Crippen LogP contribution in [0.3, 0.4) is 0 Å². The van der Waals surface area contributed by atoms with E-state index < -0.39 is 0 Å². The number of likely N-dealkylation sites (tertiary alicyclic amines) is 1. The Hall–Kier alpha value is -0.860. The fourth-order valence-corrected chi connectivity index (χ4v) is 3.46. The van der Waals surface area contributed by atoms with Crippen LogP contribution in [0.25, 0.3) is 0 Å². The summed E-state index contributed by atoms with van der Waals surface area (Å²) in [6.07, 6.45) is 5.37. The lowest BCUT2D eigenvalue weighted by molar-refractivity contribution is 0.0286. The van der Waals surface area contributed by atoms with Gasteiger partial charge in [-0.05, 0) is 43.7 Å². The molecule has 0 bridgehead atoms. The topological polar surface area (TPSA) is 12.5 Å². The molecule has 2 heteroatoms. The summed E-state index contributed by atoms with van der Waals surface area (Å²) >= 11 is 0. The number of hydrogen-bond acceptors (Lipinski definition) is 2. The van der Waals surface area contributed by atoms with Gasteiger partial charge in [-0.15, -0.1) is 0 Å². The van der Waals surface area contributed by atoms with E-state index in [0.717, 1.165) is 6.04 Å². The molecule has 1 aliphatic heterocycles. The number of ether oxygens (including phenoxy) is 1. The summed E-state index contributed by atoms with van der Waals surface area (Å²) in [6, 6.07) is 7.68. The molecule has 0 saturated carbocycles. The van der Waals surface area contributed by atoms with Crippen molar-refractivity contribution >= 4 is 0 Å². The molecular formula is C16H23NO. The molecule has 0 amide bonds. The second-order valence-electron chi connectivity index (χ2n) is 5.81. The first-order valence-electron chi connectivity index (χ1n) is 7.11. The summed E-state index contributed by atoms with van der Waals surface area (Å²) in [5.41, 5.74) is 4.54. The molecule has 0 spiro atoms. The van der Waals surface area contributed by atoms with Crippen LogP contribution < -0.4 is 0 Å². The predicted octanol–water partition coefficient (Wildman–Crippen LogP) is 2.57. The highest BCUT2D eigenvalue weighted by Crippen LogP contribution is 2.28. The quantitative estimate of drug-likeness (QED) is 0.794. The van der Waals surface area contributed by atoms with Crippen molar-refractivity contribution in [3.05, 3.63) is 34.9 Å². The zero-order chi connectivity index (χ0) is 12.5. The van der Waals surface area contributed by atoms with Crippen LogP contribution in [-0.2, 0) is 17.6 Å². The monoisotopic (exact) mass is 245 g/mol. The van der Waals surface area contributed by atoms with Gasteiger partial charge < -0.3 is 4.74 Å². The van der Waals surface area contributed by atoms with Crippen LogP contribution in [0, 0.1) is 6.92 Å². The zero-order valence-electron chi connectivity index (χ0n) is 11.5. The lowest BCUT2D eigenvalue weighted by Crippen LogP contribution is -2.43. The average Bonchev–Trinajstić information content (AvgIpc) is 2.81. The van der Waals surface area contributed by atoms with Crippen LogP contribution in [-0.4, -0.2) is 37.2 Å². The Kier molecular flexibility index (Phi) is 3.40. The molecule has 18 heavy (non-hydrogen) atoms. The number of aryl methyl sites for hydroxylation is 1. The fraction of sp³-hybridized carbons (Fsp3) is 0.625. The van der Waals surface area contributed by atoms with Gasteiger partial charge in [-0.1, -0.05) is 23.8 Å². The molecule has 1 heterocycles. The van der Waals surface area contributed by atoms with E-state index in [4.69, 9.17) is 4.74 Å². The summed E-state index contributed by atoms with van der Waals surface area (Å²) < 4.78 is 5.45. The van der Waals surface area contributed by atoms with Gasteiger partial charge in [-0.2, -0.15) is 0 Å². The fourth-order valence-electron chi connectivity index (χ4n) is 3.46. The molecule has 1 aromatic rings. The van der Waals surface area contributed by atoms with Crippen molar-refractivity contribution < 1.29 is 4.74 Å². The highest BCUT2D eigenvalue weighted by atomic mass is 16.5. The zero-order valence-corrected chi connectivity index (χ0v) is 11.5. The maximum Gasteiger partial charge on any atom is 0.0595 e. The van der Waals surface area contributed by atoms with Crippen molar-refractivity contribution in [3.8, 4) is 0 Å². The van der Waals surface area contributed by atoms with Crippen LogP contribution in [0.15, 0.2) is 18.2 Å². The molecule has 98 valence electrons. The third-order valence-corrected chi connectivity index (χ3v) is 4.60. The van der Waals surface area contributed by atoms with Crippen LogP contribution >= 0.6 is 0 Å². The van der Waals surface area contributed by atoms with E-state index in [0.29, 0.717) is 6.10 Å². The number of methoxy groups -OCH3 is 1.